The second kappa shape index (κ2) is 9.16. The molecule has 1 aromatic heterocycles. The Balaban J connectivity index is 1.78. The molecule has 1 aliphatic carbocycles. The minimum absolute atomic E-state index is 0.155. The molecule has 10 heteroatoms. The summed E-state index contributed by atoms with van der Waals surface area (Å²) in [7, 11) is 0. The molecule has 0 bridgehead atoms. The number of nitrogens with zero attached hydrogens (tertiary/aromatic N) is 1. The van der Waals surface area contributed by atoms with Crippen LogP contribution in [0.1, 0.15) is 32.1 Å². The predicted molar refractivity (Wildman–Crippen MR) is 114 cm³/mol. The number of carbonyl (C=O) groups is 2. The van der Waals surface area contributed by atoms with Gasteiger partial charge in [0.1, 0.15) is 12.2 Å². The summed E-state index contributed by atoms with van der Waals surface area (Å²) in [5.41, 5.74) is -1.77. The molecular weight excluding hydrogens is 432 g/mol. The van der Waals surface area contributed by atoms with Gasteiger partial charge in [0.05, 0.1) is 6.61 Å². The highest BCUT2D eigenvalue weighted by Crippen LogP contribution is 2.47. The van der Waals surface area contributed by atoms with Crippen LogP contribution in [0.15, 0.2) is 64.3 Å². The van der Waals surface area contributed by atoms with Gasteiger partial charge in [-0.25, -0.2) is 4.79 Å². The zero-order valence-electron chi connectivity index (χ0n) is 18.1. The number of benzene rings is 1. The Morgan fingerprint density at radius 2 is 1.85 bits per heavy atom. The van der Waals surface area contributed by atoms with E-state index in [0.29, 0.717) is 6.42 Å². The molecule has 0 amide bonds. The van der Waals surface area contributed by atoms with Gasteiger partial charge < -0.3 is 18.9 Å². The maximum Gasteiger partial charge on any atom is 0.330 e. The van der Waals surface area contributed by atoms with Crippen LogP contribution in [0.25, 0.3) is 0 Å². The molecule has 33 heavy (non-hydrogen) atoms. The van der Waals surface area contributed by atoms with E-state index in [0.717, 1.165) is 16.2 Å². The van der Waals surface area contributed by atoms with Crippen molar-refractivity contribution >= 4 is 11.9 Å². The number of aromatic nitrogens is 2. The van der Waals surface area contributed by atoms with Gasteiger partial charge in [-0.1, -0.05) is 42.5 Å². The first-order valence-corrected chi connectivity index (χ1v) is 10.5. The Labute approximate surface area is 188 Å². The van der Waals surface area contributed by atoms with Crippen LogP contribution in [0, 0.1) is 0 Å². The third kappa shape index (κ3) is 4.53. The third-order valence-electron chi connectivity index (χ3n) is 5.59. The van der Waals surface area contributed by atoms with Gasteiger partial charge in [0.15, 0.2) is 17.9 Å². The molecule has 0 unspecified atom stereocenters. The monoisotopic (exact) mass is 456 g/mol. The molecule has 1 spiro atoms. The summed E-state index contributed by atoms with van der Waals surface area (Å²) in [6.45, 7) is 2.68. The van der Waals surface area contributed by atoms with E-state index < -0.39 is 53.3 Å². The molecule has 2 aliphatic rings. The van der Waals surface area contributed by atoms with Crippen LogP contribution >= 0.6 is 0 Å². The highest BCUT2D eigenvalue weighted by atomic mass is 16.7. The van der Waals surface area contributed by atoms with E-state index >= 15 is 0 Å². The molecule has 0 radical (unpaired) electrons. The van der Waals surface area contributed by atoms with Crippen molar-refractivity contribution in [2.45, 2.75) is 57.0 Å². The topological polar surface area (TPSA) is 126 Å². The van der Waals surface area contributed by atoms with Gasteiger partial charge in [-0.2, -0.15) is 0 Å². The fourth-order valence-corrected chi connectivity index (χ4v) is 4.29. The third-order valence-corrected chi connectivity index (χ3v) is 5.59. The molecule has 2 heterocycles. The van der Waals surface area contributed by atoms with Crippen molar-refractivity contribution in [1.82, 2.24) is 9.55 Å². The molecule has 4 rings (SSSR count). The summed E-state index contributed by atoms with van der Waals surface area (Å²) in [6.07, 6.45) is 1.21. The predicted octanol–water partition coefficient (Wildman–Crippen LogP) is 1.21. The van der Waals surface area contributed by atoms with Crippen molar-refractivity contribution in [3.63, 3.8) is 0 Å². The minimum atomic E-state index is -1.32. The Morgan fingerprint density at radius 3 is 2.52 bits per heavy atom. The van der Waals surface area contributed by atoms with E-state index in [2.05, 4.69) is 4.98 Å². The van der Waals surface area contributed by atoms with Crippen LogP contribution in [0.4, 0.5) is 0 Å². The van der Waals surface area contributed by atoms with Gasteiger partial charge in [-0.3, -0.25) is 23.9 Å². The van der Waals surface area contributed by atoms with E-state index in [4.69, 9.17) is 18.9 Å². The summed E-state index contributed by atoms with van der Waals surface area (Å²) < 4.78 is 24.8. The number of esters is 2. The van der Waals surface area contributed by atoms with Gasteiger partial charge >= 0.3 is 17.6 Å². The second-order valence-corrected chi connectivity index (χ2v) is 7.91. The number of nitrogens with one attached hydrogen (secondary N) is 1. The first-order valence-electron chi connectivity index (χ1n) is 10.5. The molecule has 1 N–H and O–H groups in total. The van der Waals surface area contributed by atoms with Crippen molar-refractivity contribution < 1.29 is 28.5 Å². The zero-order chi connectivity index (χ0) is 23.6. The van der Waals surface area contributed by atoms with Gasteiger partial charge in [-0.05, 0) is 5.56 Å². The lowest BCUT2D eigenvalue weighted by atomic mass is 9.91. The Bertz CT molecular complexity index is 1170. The highest BCUT2D eigenvalue weighted by molar-refractivity contribution is 5.67. The maximum atomic E-state index is 12.5. The number of H-pyrrole nitrogens is 1. The second-order valence-electron chi connectivity index (χ2n) is 7.91. The van der Waals surface area contributed by atoms with Crippen LogP contribution in [0.5, 0.6) is 0 Å². The fraction of sp³-hybridized carbons (Fsp3) is 0.391. The molecule has 1 saturated heterocycles. The van der Waals surface area contributed by atoms with Crippen LogP contribution in [-0.4, -0.2) is 45.4 Å². The van der Waals surface area contributed by atoms with Gasteiger partial charge in [0.25, 0.3) is 5.56 Å². The fourth-order valence-electron chi connectivity index (χ4n) is 4.29. The standard InChI is InChI=1S/C23H24N2O8/c1-14(26)31-17-9-6-11-23(17)20(30-13-16-7-4-3-5-8-16)19(32-15(2)27)21(33-23)25-12-10-18(28)24-22(25)29/h3-8,10-12,17,19-21H,9,13H2,1-2H3,(H,24,28,29)/t17-,19+,20+,21+,23+/m0/s1. The van der Waals surface area contributed by atoms with Crippen molar-refractivity contribution in [3.8, 4) is 0 Å². The zero-order valence-corrected chi connectivity index (χ0v) is 18.1. The number of aromatic amines is 1. The number of hydrogen-bond donors (Lipinski definition) is 1. The molecule has 1 aliphatic heterocycles. The SMILES string of the molecule is CC(=O)O[C@H]1[C@H](n2ccc(=O)[nH]c2=O)O[C@@]2(C=CC[C@@H]2OC(C)=O)[C@@H]1OCc1ccccc1. The van der Waals surface area contributed by atoms with Crippen LogP contribution < -0.4 is 11.2 Å². The number of rotatable bonds is 6. The Hall–Kier alpha value is -3.50. The number of ether oxygens (including phenoxy) is 4. The lowest BCUT2D eigenvalue weighted by Crippen LogP contribution is -2.52. The Kier molecular flexibility index (Phi) is 6.30. The molecule has 2 aromatic rings. The van der Waals surface area contributed by atoms with Crippen molar-refractivity contribution in [1.29, 1.82) is 0 Å². The molecule has 0 saturated carbocycles. The number of hydrogen-bond acceptors (Lipinski definition) is 8. The van der Waals surface area contributed by atoms with Crippen molar-refractivity contribution in [3.05, 3.63) is 81.1 Å². The Morgan fingerprint density at radius 1 is 1.12 bits per heavy atom. The van der Waals surface area contributed by atoms with E-state index in [1.54, 1.807) is 12.2 Å². The van der Waals surface area contributed by atoms with Crippen molar-refractivity contribution in [2.24, 2.45) is 0 Å². The van der Waals surface area contributed by atoms with E-state index in [1.165, 1.54) is 20.0 Å². The summed E-state index contributed by atoms with van der Waals surface area (Å²) in [5, 5.41) is 0. The highest BCUT2D eigenvalue weighted by Gasteiger charge is 2.63. The van der Waals surface area contributed by atoms with E-state index in [-0.39, 0.29) is 6.61 Å². The van der Waals surface area contributed by atoms with E-state index in [9.17, 15) is 19.2 Å². The lowest BCUT2D eigenvalue weighted by molar-refractivity contribution is -0.177. The molecular formula is C23H24N2O8. The van der Waals surface area contributed by atoms with Gasteiger partial charge in [0, 0.05) is 32.5 Å². The molecule has 10 nitrogen and oxygen atoms in total. The average Bonchev–Trinajstić information content (AvgIpc) is 3.28. The largest absolute Gasteiger partial charge is 0.459 e. The normalized spacial score (nSPS) is 28.2. The molecule has 174 valence electrons. The average molecular weight is 456 g/mol. The van der Waals surface area contributed by atoms with Crippen molar-refractivity contribution in [2.75, 3.05) is 0 Å². The van der Waals surface area contributed by atoms with Gasteiger partial charge in [0.2, 0.25) is 0 Å². The first-order chi connectivity index (χ1) is 15.8. The molecule has 1 fully saturated rings. The quantitative estimate of drug-likeness (QED) is 0.508. The summed E-state index contributed by atoms with van der Waals surface area (Å²) in [6, 6.07) is 10.5. The van der Waals surface area contributed by atoms with Crippen LogP contribution in [0.3, 0.4) is 0 Å². The van der Waals surface area contributed by atoms with E-state index in [1.807, 2.05) is 30.3 Å². The van der Waals surface area contributed by atoms with Crippen LogP contribution in [0.2, 0.25) is 0 Å². The summed E-state index contributed by atoms with van der Waals surface area (Å²) in [5.74, 6) is -1.12. The summed E-state index contributed by atoms with van der Waals surface area (Å²) in [4.78, 5) is 50.1. The van der Waals surface area contributed by atoms with Crippen LogP contribution in [-0.2, 0) is 35.1 Å². The first kappa shape index (κ1) is 22.7. The smallest absolute Gasteiger partial charge is 0.330 e. The molecule has 5 atom stereocenters. The van der Waals surface area contributed by atoms with Gasteiger partial charge in [-0.15, -0.1) is 0 Å². The maximum absolute atomic E-state index is 12.5. The minimum Gasteiger partial charge on any atom is -0.459 e. The summed E-state index contributed by atoms with van der Waals surface area (Å²) >= 11 is 0. The lowest BCUT2D eigenvalue weighted by Gasteiger charge is -2.34. The molecule has 1 aromatic carbocycles. The number of carbonyl (C=O) groups excluding carboxylic acids is 2.